The zero-order chi connectivity index (χ0) is 21.1. The molecule has 2 N–H and O–H groups in total. The molecule has 1 atom stereocenters. The summed E-state index contributed by atoms with van der Waals surface area (Å²) >= 11 is 5.30. The number of anilines is 2. The maximum atomic E-state index is 11.2. The van der Waals surface area contributed by atoms with Crippen LogP contribution in [0.25, 0.3) is 10.2 Å². The average Bonchev–Trinajstić information content (AvgIpc) is 3.05. The number of sulfone groups is 1. The smallest absolute Gasteiger partial charge is 0.148 e. The SMILES string of the molecule is CS(=O)(=O)CCNCCC1CCc2c(sc3ncnc(Nc4cccc(Br)c4)c23)C1. The Hall–Kier alpha value is -1.55. The Balaban J connectivity index is 1.44. The lowest BCUT2D eigenvalue weighted by Gasteiger charge is -2.22. The van der Waals surface area contributed by atoms with Crippen molar-refractivity contribution < 1.29 is 8.42 Å². The molecular weight excluding hydrogens is 484 g/mol. The van der Waals surface area contributed by atoms with Crippen LogP contribution in [0.5, 0.6) is 0 Å². The molecule has 0 radical (unpaired) electrons. The highest BCUT2D eigenvalue weighted by Crippen LogP contribution is 2.41. The summed E-state index contributed by atoms with van der Waals surface area (Å²) in [4.78, 5) is 11.5. The van der Waals surface area contributed by atoms with Crippen LogP contribution in [0.1, 0.15) is 23.3 Å². The van der Waals surface area contributed by atoms with E-state index in [1.165, 1.54) is 16.7 Å². The number of nitrogens with zero attached hydrogens (tertiary/aromatic N) is 2. The van der Waals surface area contributed by atoms with E-state index in [0.29, 0.717) is 12.5 Å². The van der Waals surface area contributed by atoms with E-state index in [1.54, 1.807) is 17.7 Å². The van der Waals surface area contributed by atoms with Gasteiger partial charge in [0, 0.05) is 27.8 Å². The van der Waals surface area contributed by atoms with Crippen LogP contribution >= 0.6 is 27.3 Å². The fraction of sp³-hybridized carbons (Fsp3) is 0.429. The zero-order valence-electron chi connectivity index (χ0n) is 16.8. The van der Waals surface area contributed by atoms with Crippen LogP contribution in [0.3, 0.4) is 0 Å². The van der Waals surface area contributed by atoms with Gasteiger partial charge < -0.3 is 10.6 Å². The topological polar surface area (TPSA) is 84.0 Å². The van der Waals surface area contributed by atoms with Crippen LogP contribution in [-0.2, 0) is 22.7 Å². The summed E-state index contributed by atoms with van der Waals surface area (Å²) < 4.78 is 23.5. The molecule has 6 nitrogen and oxygen atoms in total. The van der Waals surface area contributed by atoms with Crippen LogP contribution < -0.4 is 10.6 Å². The van der Waals surface area contributed by atoms with Crippen molar-refractivity contribution in [1.82, 2.24) is 15.3 Å². The number of aryl methyl sites for hydroxylation is 1. The molecule has 1 unspecified atom stereocenters. The second-order valence-electron chi connectivity index (χ2n) is 7.82. The van der Waals surface area contributed by atoms with Crippen LogP contribution in [0.2, 0.25) is 0 Å². The number of aromatic nitrogens is 2. The lowest BCUT2D eigenvalue weighted by molar-refractivity contribution is 0.421. The Bertz CT molecular complexity index is 1150. The fourth-order valence-electron chi connectivity index (χ4n) is 3.91. The molecule has 0 saturated carbocycles. The maximum Gasteiger partial charge on any atom is 0.148 e. The number of thiophene rings is 1. The predicted molar refractivity (Wildman–Crippen MR) is 128 cm³/mol. The highest BCUT2D eigenvalue weighted by molar-refractivity contribution is 9.10. The second-order valence-corrected chi connectivity index (χ2v) is 12.1. The van der Waals surface area contributed by atoms with E-state index in [1.807, 2.05) is 24.3 Å². The summed E-state index contributed by atoms with van der Waals surface area (Å²) in [6, 6.07) is 8.08. The third kappa shape index (κ3) is 5.38. The Morgan fingerprint density at radius 2 is 2.13 bits per heavy atom. The first-order chi connectivity index (χ1) is 14.4. The minimum atomic E-state index is -2.90. The third-order valence-electron chi connectivity index (χ3n) is 5.41. The standard InChI is InChI=1S/C21H25BrN4O2S2/c1-30(27,28)10-9-23-8-7-14-5-6-17-18(11-14)29-21-19(17)20(24-13-25-21)26-16-4-2-3-15(22)12-16/h2-4,12-14,23H,5-11H2,1H3,(H,24,25,26). The van der Waals surface area contributed by atoms with Crippen molar-refractivity contribution in [3.8, 4) is 0 Å². The largest absolute Gasteiger partial charge is 0.340 e. The van der Waals surface area contributed by atoms with Crippen LogP contribution in [-0.4, -0.2) is 43.5 Å². The molecular formula is C21H25BrN4O2S2. The van der Waals surface area contributed by atoms with Gasteiger partial charge in [0.15, 0.2) is 0 Å². The Labute approximate surface area is 189 Å². The molecule has 0 aliphatic heterocycles. The highest BCUT2D eigenvalue weighted by Gasteiger charge is 2.25. The number of halogens is 1. The third-order valence-corrected chi connectivity index (χ3v) is 8.02. The van der Waals surface area contributed by atoms with Crippen LogP contribution in [0, 0.1) is 5.92 Å². The lowest BCUT2D eigenvalue weighted by atomic mass is 9.86. The first kappa shape index (κ1) is 21.7. The van der Waals surface area contributed by atoms with Gasteiger partial charge in [-0.25, -0.2) is 18.4 Å². The van der Waals surface area contributed by atoms with Crippen molar-refractivity contribution in [2.75, 3.05) is 30.4 Å². The summed E-state index contributed by atoms with van der Waals surface area (Å²) in [7, 11) is -2.90. The van der Waals surface area contributed by atoms with Crippen molar-refractivity contribution in [2.24, 2.45) is 5.92 Å². The van der Waals surface area contributed by atoms with Gasteiger partial charge in [0.05, 0.1) is 11.1 Å². The van der Waals surface area contributed by atoms with Gasteiger partial charge in [-0.3, -0.25) is 0 Å². The van der Waals surface area contributed by atoms with Crippen molar-refractivity contribution in [3.63, 3.8) is 0 Å². The first-order valence-corrected chi connectivity index (χ1v) is 13.7. The Kier molecular flexibility index (Phi) is 6.72. The molecule has 1 aromatic carbocycles. The average molecular weight is 509 g/mol. The molecule has 9 heteroatoms. The highest BCUT2D eigenvalue weighted by atomic mass is 79.9. The molecule has 0 bridgehead atoms. The number of benzene rings is 1. The van der Waals surface area contributed by atoms with Gasteiger partial charge in [-0.15, -0.1) is 11.3 Å². The van der Waals surface area contributed by atoms with E-state index >= 15 is 0 Å². The molecule has 3 aromatic rings. The van der Waals surface area contributed by atoms with Gasteiger partial charge in [-0.2, -0.15) is 0 Å². The van der Waals surface area contributed by atoms with Gasteiger partial charge in [-0.05, 0) is 61.9 Å². The molecule has 0 saturated heterocycles. The van der Waals surface area contributed by atoms with Gasteiger partial charge in [-0.1, -0.05) is 22.0 Å². The van der Waals surface area contributed by atoms with Crippen LogP contribution in [0.4, 0.5) is 11.5 Å². The number of nitrogens with one attached hydrogen (secondary N) is 2. The van der Waals surface area contributed by atoms with E-state index in [9.17, 15) is 8.42 Å². The molecule has 30 heavy (non-hydrogen) atoms. The molecule has 1 aliphatic carbocycles. The summed E-state index contributed by atoms with van der Waals surface area (Å²) in [5, 5.41) is 7.89. The van der Waals surface area contributed by atoms with E-state index in [0.717, 1.165) is 58.4 Å². The summed E-state index contributed by atoms with van der Waals surface area (Å²) in [6.07, 6.45) is 7.20. The number of fused-ring (bicyclic) bond motifs is 3. The molecule has 2 aromatic heterocycles. The van der Waals surface area contributed by atoms with Gasteiger partial charge in [0.25, 0.3) is 0 Å². The van der Waals surface area contributed by atoms with E-state index in [2.05, 4.69) is 36.5 Å². The molecule has 4 rings (SSSR count). The molecule has 2 heterocycles. The van der Waals surface area contributed by atoms with Crippen molar-refractivity contribution in [1.29, 1.82) is 0 Å². The van der Waals surface area contributed by atoms with Crippen LogP contribution in [0.15, 0.2) is 35.1 Å². The number of hydrogen-bond donors (Lipinski definition) is 2. The summed E-state index contributed by atoms with van der Waals surface area (Å²) in [5.41, 5.74) is 2.38. The Morgan fingerprint density at radius 3 is 2.93 bits per heavy atom. The van der Waals surface area contributed by atoms with Crippen molar-refractivity contribution >= 4 is 58.8 Å². The van der Waals surface area contributed by atoms with Crippen molar-refractivity contribution in [3.05, 3.63) is 45.5 Å². The predicted octanol–water partition coefficient (Wildman–Crippen LogP) is 4.33. The molecule has 1 aliphatic rings. The maximum absolute atomic E-state index is 11.2. The molecule has 0 spiro atoms. The summed E-state index contributed by atoms with van der Waals surface area (Å²) in [6.45, 7) is 1.38. The normalized spacial score (nSPS) is 16.5. The lowest BCUT2D eigenvalue weighted by Crippen LogP contribution is -2.26. The monoisotopic (exact) mass is 508 g/mol. The minimum Gasteiger partial charge on any atom is -0.340 e. The molecule has 160 valence electrons. The first-order valence-electron chi connectivity index (χ1n) is 10.1. The number of hydrogen-bond acceptors (Lipinski definition) is 7. The van der Waals surface area contributed by atoms with E-state index < -0.39 is 9.84 Å². The van der Waals surface area contributed by atoms with Gasteiger partial charge in [0.2, 0.25) is 0 Å². The fourth-order valence-corrected chi connectivity index (χ4v) is 6.13. The van der Waals surface area contributed by atoms with Crippen molar-refractivity contribution in [2.45, 2.75) is 25.7 Å². The van der Waals surface area contributed by atoms with E-state index in [-0.39, 0.29) is 5.75 Å². The zero-order valence-corrected chi connectivity index (χ0v) is 20.0. The Morgan fingerprint density at radius 1 is 1.27 bits per heavy atom. The quantitative estimate of drug-likeness (QED) is 0.440. The molecule has 0 amide bonds. The minimum absolute atomic E-state index is 0.199. The second kappa shape index (κ2) is 9.30. The van der Waals surface area contributed by atoms with Gasteiger partial charge >= 0.3 is 0 Å². The van der Waals surface area contributed by atoms with Gasteiger partial charge in [0.1, 0.15) is 26.8 Å². The number of rotatable bonds is 8. The molecule has 0 fully saturated rings. The summed E-state index contributed by atoms with van der Waals surface area (Å²) in [5.74, 6) is 1.69. The van der Waals surface area contributed by atoms with E-state index in [4.69, 9.17) is 0 Å².